The zero-order valence-corrected chi connectivity index (χ0v) is 15.6. The van der Waals surface area contributed by atoms with Gasteiger partial charge in [0.1, 0.15) is 5.54 Å². The highest BCUT2D eigenvalue weighted by Crippen LogP contribution is 2.51. The van der Waals surface area contributed by atoms with E-state index < -0.39 is 27.8 Å². The van der Waals surface area contributed by atoms with E-state index in [0.29, 0.717) is 17.7 Å². The van der Waals surface area contributed by atoms with Gasteiger partial charge in [0, 0.05) is 35.6 Å². The molecule has 0 radical (unpaired) electrons. The first-order valence-electron chi connectivity index (χ1n) is 8.41. The van der Waals surface area contributed by atoms with Crippen molar-refractivity contribution in [2.45, 2.75) is 52.7 Å². The number of hydrogen-bond acceptors (Lipinski definition) is 5. The summed E-state index contributed by atoms with van der Waals surface area (Å²) < 4.78 is 5.57. The lowest BCUT2D eigenvalue weighted by Gasteiger charge is -2.58. The first-order valence-corrected chi connectivity index (χ1v) is 8.41. The minimum atomic E-state index is -1.49. The summed E-state index contributed by atoms with van der Waals surface area (Å²) in [5.74, 6) is -1.79. The van der Waals surface area contributed by atoms with E-state index in [1.165, 1.54) is 6.07 Å². The number of carboxylic acid groups (broad SMARTS) is 1. The van der Waals surface area contributed by atoms with Gasteiger partial charge in [0.25, 0.3) is 11.6 Å². The molecule has 2 unspecified atom stereocenters. The van der Waals surface area contributed by atoms with Crippen molar-refractivity contribution >= 4 is 17.6 Å². The maximum Gasteiger partial charge on any atom is 0.330 e. The van der Waals surface area contributed by atoms with Crippen LogP contribution in [0.5, 0.6) is 0 Å². The van der Waals surface area contributed by atoms with Crippen LogP contribution in [0.3, 0.4) is 0 Å². The number of nitro groups is 1. The number of nitro benzene ring substituents is 1. The van der Waals surface area contributed by atoms with Gasteiger partial charge in [0.2, 0.25) is 0 Å². The van der Waals surface area contributed by atoms with E-state index >= 15 is 0 Å². The summed E-state index contributed by atoms with van der Waals surface area (Å²) in [6.07, 6.45) is -0.153. The van der Waals surface area contributed by atoms with Gasteiger partial charge in [-0.2, -0.15) is 0 Å². The van der Waals surface area contributed by atoms with E-state index in [1.807, 2.05) is 6.92 Å². The van der Waals surface area contributed by atoms with E-state index in [1.54, 1.807) is 33.8 Å². The van der Waals surface area contributed by atoms with Gasteiger partial charge in [-0.25, -0.2) is 4.79 Å². The Morgan fingerprint density at radius 3 is 2.42 bits per heavy atom. The summed E-state index contributed by atoms with van der Waals surface area (Å²) in [6, 6.07) is 2.75. The number of aryl methyl sites for hydroxylation is 2. The van der Waals surface area contributed by atoms with Crippen LogP contribution in [-0.2, 0) is 9.53 Å². The van der Waals surface area contributed by atoms with Crippen molar-refractivity contribution in [3.8, 4) is 0 Å². The molecule has 2 N–H and O–H groups in total. The first-order chi connectivity index (χ1) is 12.0. The monoisotopic (exact) mass is 364 g/mol. The number of nitrogens with one attached hydrogen (secondary N) is 1. The maximum atomic E-state index is 12.8. The standard InChI is InChI=1S/C18H24N2O6/c1-6-26-14-9-18(16(22)23,17(14,4)5)19-15(21)12-8-13(20(24)25)11(3)7-10(12)2/h7-8,14H,6,9H2,1-5H3,(H,19,21)(H,22,23). The highest BCUT2D eigenvalue weighted by molar-refractivity contribution is 6.00. The first kappa shape index (κ1) is 19.8. The second kappa shape index (κ2) is 6.68. The van der Waals surface area contributed by atoms with Gasteiger partial charge in [0.15, 0.2) is 0 Å². The van der Waals surface area contributed by atoms with Gasteiger partial charge in [0.05, 0.1) is 11.0 Å². The fourth-order valence-corrected chi connectivity index (χ4v) is 3.58. The van der Waals surface area contributed by atoms with Crippen LogP contribution < -0.4 is 5.32 Å². The molecule has 0 bridgehead atoms. The van der Waals surface area contributed by atoms with Crippen molar-refractivity contribution in [2.75, 3.05) is 6.61 Å². The number of carbonyl (C=O) groups excluding carboxylic acids is 1. The van der Waals surface area contributed by atoms with Crippen LogP contribution in [0.4, 0.5) is 5.69 Å². The third-order valence-electron chi connectivity index (χ3n) is 5.44. The molecular weight excluding hydrogens is 340 g/mol. The Labute approximate surface area is 151 Å². The number of ether oxygens (including phenoxy) is 1. The van der Waals surface area contributed by atoms with Gasteiger partial charge in [-0.1, -0.05) is 13.8 Å². The summed E-state index contributed by atoms with van der Waals surface area (Å²) in [4.78, 5) is 35.3. The number of amides is 1. The van der Waals surface area contributed by atoms with Crippen LogP contribution in [0.1, 0.15) is 48.7 Å². The van der Waals surface area contributed by atoms with Gasteiger partial charge < -0.3 is 15.2 Å². The van der Waals surface area contributed by atoms with Crippen LogP contribution in [0, 0.1) is 29.4 Å². The molecule has 1 aromatic carbocycles. The predicted molar refractivity (Wildman–Crippen MR) is 94.2 cm³/mol. The van der Waals surface area contributed by atoms with Crippen molar-refractivity contribution in [1.29, 1.82) is 0 Å². The van der Waals surface area contributed by atoms with Crippen molar-refractivity contribution in [3.05, 3.63) is 38.9 Å². The molecule has 1 amide bonds. The Bertz CT molecular complexity index is 773. The molecule has 2 rings (SSSR count). The average Bonchev–Trinajstić information content (AvgIpc) is 2.52. The minimum Gasteiger partial charge on any atom is -0.479 e. The molecule has 1 fully saturated rings. The van der Waals surface area contributed by atoms with E-state index in [2.05, 4.69) is 5.32 Å². The van der Waals surface area contributed by atoms with E-state index in [4.69, 9.17) is 4.74 Å². The van der Waals surface area contributed by atoms with Crippen molar-refractivity contribution in [2.24, 2.45) is 5.41 Å². The molecule has 26 heavy (non-hydrogen) atoms. The largest absolute Gasteiger partial charge is 0.479 e. The summed E-state index contributed by atoms with van der Waals surface area (Å²) in [7, 11) is 0. The Kier molecular flexibility index (Phi) is 5.10. The molecule has 1 aromatic rings. The molecule has 2 atom stereocenters. The molecule has 1 saturated carbocycles. The highest BCUT2D eigenvalue weighted by Gasteiger charge is 2.66. The van der Waals surface area contributed by atoms with Crippen molar-refractivity contribution < 1.29 is 24.4 Å². The van der Waals surface area contributed by atoms with Gasteiger partial charge in [-0.15, -0.1) is 0 Å². The molecular formula is C18H24N2O6. The minimum absolute atomic E-state index is 0.0959. The Hall–Kier alpha value is -2.48. The molecule has 0 spiro atoms. The topological polar surface area (TPSA) is 119 Å². The number of hydrogen-bond donors (Lipinski definition) is 2. The lowest BCUT2D eigenvalue weighted by molar-refractivity contribution is -0.385. The van der Waals surface area contributed by atoms with Gasteiger partial charge >= 0.3 is 5.97 Å². The number of rotatable bonds is 6. The Morgan fingerprint density at radius 1 is 1.35 bits per heavy atom. The molecule has 0 saturated heterocycles. The zero-order chi connectivity index (χ0) is 19.9. The molecule has 142 valence electrons. The summed E-state index contributed by atoms with van der Waals surface area (Å²) >= 11 is 0. The number of nitrogens with zero attached hydrogens (tertiary/aromatic N) is 1. The normalized spacial score (nSPS) is 23.8. The average molecular weight is 364 g/mol. The second-order valence-corrected chi connectivity index (χ2v) is 7.25. The summed E-state index contributed by atoms with van der Waals surface area (Å²) in [5, 5.41) is 23.5. The smallest absolute Gasteiger partial charge is 0.330 e. The van der Waals surface area contributed by atoms with Crippen molar-refractivity contribution in [1.82, 2.24) is 5.32 Å². The van der Waals surface area contributed by atoms with E-state index in [9.17, 15) is 24.8 Å². The quantitative estimate of drug-likeness (QED) is 0.591. The van der Waals surface area contributed by atoms with Crippen LogP contribution in [-0.4, -0.2) is 40.2 Å². The SMILES string of the molecule is CCOC1CC(NC(=O)c2cc([N+](=O)[O-])c(C)cc2C)(C(=O)O)C1(C)C. The lowest BCUT2D eigenvalue weighted by atomic mass is 9.54. The highest BCUT2D eigenvalue weighted by atomic mass is 16.6. The third-order valence-corrected chi connectivity index (χ3v) is 5.44. The zero-order valence-electron chi connectivity index (χ0n) is 15.6. The molecule has 0 aromatic heterocycles. The maximum absolute atomic E-state index is 12.8. The third kappa shape index (κ3) is 2.94. The lowest BCUT2D eigenvalue weighted by Crippen LogP contribution is -2.76. The molecule has 1 aliphatic carbocycles. The molecule has 8 heteroatoms. The van der Waals surface area contributed by atoms with Gasteiger partial charge in [-0.3, -0.25) is 14.9 Å². The Morgan fingerprint density at radius 2 is 1.96 bits per heavy atom. The molecule has 0 aliphatic heterocycles. The molecule has 8 nitrogen and oxygen atoms in total. The van der Waals surface area contributed by atoms with Crippen LogP contribution >= 0.6 is 0 Å². The number of aliphatic carboxylic acids is 1. The fraction of sp³-hybridized carbons (Fsp3) is 0.556. The number of benzene rings is 1. The number of carboxylic acids is 1. The van der Waals surface area contributed by atoms with Crippen LogP contribution in [0.2, 0.25) is 0 Å². The fourth-order valence-electron chi connectivity index (χ4n) is 3.58. The van der Waals surface area contributed by atoms with Crippen LogP contribution in [0.15, 0.2) is 12.1 Å². The van der Waals surface area contributed by atoms with E-state index in [0.717, 1.165) is 0 Å². The van der Waals surface area contributed by atoms with E-state index in [-0.39, 0.29) is 23.8 Å². The molecule has 0 heterocycles. The van der Waals surface area contributed by atoms with Crippen LogP contribution in [0.25, 0.3) is 0 Å². The second-order valence-electron chi connectivity index (χ2n) is 7.25. The summed E-state index contributed by atoms with van der Waals surface area (Å²) in [5.41, 5.74) is -1.41. The number of carbonyl (C=O) groups is 2. The predicted octanol–water partition coefficient (Wildman–Crippen LogP) is 2.60. The Balaban J connectivity index is 2.38. The van der Waals surface area contributed by atoms with Gasteiger partial charge in [-0.05, 0) is 32.4 Å². The summed E-state index contributed by atoms with van der Waals surface area (Å²) in [6.45, 7) is 8.98. The molecule has 1 aliphatic rings. The van der Waals surface area contributed by atoms with Crippen molar-refractivity contribution in [3.63, 3.8) is 0 Å².